The van der Waals surface area contributed by atoms with Crippen molar-refractivity contribution in [2.45, 2.75) is 72.4 Å². The summed E-state index contributed by atoms with van der Waals surface area (Å²) in [5, 5.41) is 0. The number of allylic oxidation sites excluding steroid dienone is 2. The van der Waals surface area contributed by atoms with Gasteiger partial charge in [-0.25, -0.2) is 14.8 Å². The molecule has 0 saturated carbocycles. The van der Waals surface area contributed by atoms with Crippen molar-refractivity contribution in [3.8, 4) is 11.4 Å². The van der Waals surface area contributed by atoms with Gasteiger partial charge in [0.1, 0.15) is 22.8 Å². The van der Waals surface area contributed by atoms with Gasteiger partial charge in [-0.15, -0.1) is 0 Å². The van der Waals surface area contributed by atoms with Crippen LogP contribution in [0.1, 0.15) is 61.3 Å². The molecule has 2 amide bonds. The molecule has 2 aromatic rings. The van der Waals surface area contributed by atoms with Gasteiger partial charge in [-0.1, -0.05) is 50.3 Å². The summed E-state index contributed by atoms with van der Waals surface area (Å²) in [6.07, 6.45) is 6.55. The molecule has 9 nitrogen and oxygen atoms in total. The second kappa shape index (κ2) is 11.3. The maximum absolute atomic E-state index is 14.0. The van der Waals surface area contributed by atoms with Gasteiger partial charge in [0.15, 0.2) is 5.84 Å². The molecule has 2 aliphatic heterocycles. The number of piperazine rings is 2. The van der Waals surface area contributed by atoms with Crippen molar-refractivity contribution in [2.24, 2.45) is 4.99 Å². The SMILES string of the molecule is C\C=C1/C(=N\C(=C(/C)CC)n2ccnc2-c2ccccc2)N2CCN(C(=O)OC(C)(C)C)CC2(CC)C(=O)N1C. The van der Waals surface area contributed by atoms with Gasteiger partial charge in [0.05, 0.1) is 12.2 Å². The van der Waals surface area contributed by atoms with Gasteiger partial charge in [0, 0.05) is 38.1 Å². The number of imidazole rings is 1. The number of benzene rings is 1. The van der Waals surface area contributed by atoms with Crippen LogP contribution in [0.15, 0.2) is 65.1 Å². The van der Waals surface area contributed by atoms with Gasteiger partial charge in [-0.05, 0) is 53.0 Å². The van der Waals surface area contributed by atoms with E-state index in [0.717, 1.165) is 34.9 Å². The van der Waals surface area contributed by atoms with Gasteiger partial charge in [-0.2, -0.15) is 0 Å². The Kier molecular flexibility index (Phi) is 8.23. The summed E-state index contributed by atoms with van der Waals surface area (Å²) in [6.45, 7) is 14.8. The number of aliphatic imine (C=N–C) groups is 1. The molecule has 0 spiro atoms. The Balaban J connectivity index is 1.84. The summed E-state index contributed by atoms with van der Waals surface area (Å²) in [4.78, 5) is 42.5. The molecule has 3 heterocycles. The Hall–Kier alpha value is -3.88. The van der Waals surface area contributed by atoms with Crippen molar-refractivity contribution in [2.75, 3.05) is 26.7 Å². The van der Waals surface area contributed by atoms with E-state index in [-0.39, 0.29) is 12.5 Å². The highest BCUT2D eigenvalue weighted by atomic mass is 16.6. The number of ether oxygens (including phenoxy) is 1. The Morgan fingerprint density at radius 3 is 2.48 bits per heavy atom. The summed E-state index contributed by atoms with van der Waals surface area (Å²) >= 11 is 0. The van der Waals surface area contributed by atoms with Crippen LogP contribution in [0.2, 0.25) is 0 Å². The van der Waals surface area contributed by atoms with E-state index in [2.05, 4.69) is 23.7 Å². The standard InChI is InChI=1S/C31H42N6O3/c1-9-22(4)25(36-18-17-32-26(36)23-15-13-12-14-16-23)33-27-24(10-2)34(8)28(38)31(11-3)21-35(19-20-37(27)31)29(39)40-30(5,6)7/h10,12-18H,9,11,19-21H2,1-8H3/b24-10+,25-22-,33-27+. The fourth-order valence-electron chi connectivity index (χ4n) is 5.38. The Labute approximate surface area is 237 Å². The smallest absolute Gasteiger partial charge is 0.410 e. The first kappa shape index (κ1) is 29.1. The molecule has 0 radical (unpaired) electrons. The number of likely N-dealkylation sites (N-methyl/N-ethyl adjacent to an activating group) is 1. The van der Waals surface area contributed by atoms with E-state index in [9.17, 15) is 9.59 Å². The molecule has 2 fully saturated rings. The fourth-order valence-corrected chi connectivity index (χ4v) is 5.38. The molecule has 1 aromatic carbocycles. The molecular weight excluding hydrogens is 504 g/mol. The van der Waals surface area contributed by atoms with Crippen LogP contribution in [0.5, 0.6) is 0 Å². The number of carbonyl (C=O) groups is 2. The average molecular weight is 547 g/mol. The minimum Gasteiger partial charge on any atom is -0.444 e. The monoisotopic (exact) mass is 546 g/mol. The van der Waals surface area contributed by atoms with Crippen LogP contribution in [-0.2, 0) is 9.53 Å². The van der Waals surface area contributed by atoms with E-state index in [1.54, 1.807) is 23.0 Å². The molecular formula is C31H42N6O3. The van der Waals surface area contributed by atoms with Crippen molar-refractivity contribution in [3.05, 3.63) is 60.1 Å². The summed E-state index contributed by atoms with van der Waals surface area (Å²) in [6, 6.07) is 10.0. The van der Waals surface area contributed by atoms with Crippen LogP contribution in [0, 0.1) is 0 Å². The third-order valence-electron chi connectivity index (χ3n) is 7.65. The number of amides is 2. The highest BCUT2D eigenvalue weighted by molar-refractivity contribution is 6.10. The number of fused-ring (bicyclic) bond motifs is 1. The minimum absolute atomic E-state index is 0.0549. The zero-order valence-electron chi connectivity index (χ0n) is 25.1. The first-order chi connectivity index (χ1) is 19.0. The maximum Gasteiger partial charge on any atom is 0.410 e. The van der Waals surface area contributed by atoms with E-state index in [1.807, 2.05) is 81.8 Å². The summed E-state index contributed by atoms with van der Waals surface area (Å²) in [5.74, 6) is 2.23. The highest BCUT2D eigenvalue weighted by Crippen LogP contribution is 2.37. The first-order valence-corrected chi connectivity index (χ1v) is 14.0. The number of rotatable bonds is 5. The predicted octanol–water partition coefficient (Wildman–Crippen LogP) is 5.62. The Morgan fingerprint density at radius 1 is 1.18 bits per heavy atom. The van der Waals surface area contributed by atoms with Crippen LogP contribution in [0.4, 0.5) is 4.79 Å². The summed E-state index contributed by atoms with van der Waals surface area (Å²) in [5.41, 5.74) is 1.24. The molecule has 0 N–H and O–H groups in total. The second-order valence-corrected chi connectivity index (χ2v) is 11.4. The number of amidine groups is 1. The highest BCUT2D eigenvalue weighted by Gasteiger charge is 2.55. The Bertz CT molecular complexity index is 1350. The van der Waals surface area contributed by atoms with Crippen molar-refractivity contribution in [1.82, 2.24) is 24.3 Å². The molecule has 4 rings (SSSR count). The largest absolute Gasteiger partial charge is 0.444 e. The van der Waals surface area contributed by atoms with E-state index in [4.69, 9.17) is 9.73 Å². The van der Waals surface area contributed by atoms with Gasteiger partial charge in [0.2, 0.25) is 0 Å². The average Bonchev–Trinajstić information content (AvgIpc) is 3.42. The van der Waals surface area contributed by atoms with Crippen molar-refractivity contribution in [1.29, 1.82) is 0 Å². The van der Waals surface area contributed by atoms with Crippen LogP contribution in [-0.4, -0.2) is 79.9 Å². The zero-order chi connectivity index (χ0) is 29.2. The molecule has 9 heteroatoms. The lowest BCUT2D eigenvalue weighted by atomic mass is 9.85. The van der Waals surface area contributed by atoms with Gasteiger partial charge in [-0.3, -0.25) is 9.36 Å². The molecule has 1 unspecified atom stereocenters. The lowest BCUT2D eigenvalue weighted by Crippen LogP contribution is -2.74. The molecule has 40 heavy (non-hydrogen) atoms. The molecule has 2 aliphatic rings. The van der Waals surface area contributed by atoms with E-state index < -0.39 is 17.2 Å². The quantitative estimate of drug-likeness (QED) is 0.486. The van der Waals surface area contributed by atoms with Crippen LogP contribution in [0.25, 0.3) is 17.2 Å². The van der Waals surface area contributed by atoms with Gasteiger partial charge in [0.25, 0.3) is 5.91 Å². The minimum atomic E-state index is -0.961. The first-order valence-electron chi connectivity index (χ1n) is 14.0. The van der Waals surface area contributed by atoms with E-state index in [1.165, 1.54) is 0 Å². The summed E-state index contributed by atoms with van der Waals surface area (Å²) in [7, 11) is 1.79. The number of hydrogen-bond donors (Lipinski definition) is 0. The topological polar surface area (TPSA) is 83.3 Å². The van der Waals surface area contributed by atoms with Crippen LogP contribution < -0.4 is 0 Å². The predicted molar refractivity (Wildman–Crippen MR) is 158 cm³/mol. The van der Waals surface area contributed by atoms with Crippen LogP contribution in [0.3, 0.4) is 0 Å². The van der Waals surface area contributed by atoms with Gasteiger partial charge < -0.3 is 19.4 Å². The van der Waals surface area contributed by atoms with E-state index in [0.29, 0.717) is 25.3 Å². The number of carbonyl (C=O) groups excluding carboxylic acids is 2. The van der Waals surface area contributed by atoms with Crippen molar-refractivity contribution < 1.29 is 14.3 Å². The van der Waals surface area contributed by atoms with Crippen molar-refractivity contribution >= 4 is 23.7 Å². The Morgan fingerprint density at radius 2 is 1.88 bits per heavy atom. The van der Waals surface area contributed by atoms with E-state index >= 15 is 0 Å². The molecule has 2 saturated heterocycles. The van der Waals surface area contributed by atoms with Crippen LogP contribution >= 0.6 is 0 Å². The second-order valence-electron chi connectivity index (χ2n) is 11.4. The fraction of sp³-hybridized carbons (Fsp3) is 0.484. The molecule has 1 atom stereocenters. The lowest BCUT2D eigenvalue weighted by molar-refractivity contribution is -0.144. The number of hydrogen-bond acceptors (Lipinski definition) is 5. The molecule has 0 aliphatic carbocycles. The number of aromatic nitrogens is 2. The maximum atomic E-state index is 14.0. The molecule has 1 aromatic heterocycles. The molecule has 214 valence electrons. The zero-order valence-corrected chi connectivity index (χ0v) is 25.1. The lowest BCUT2D eigenvalue weighted by Gasteiger charge is -2.55. The summed E-state index contributed by atoms with van der Waals surface area (Å²) < 4.78 is 7.70. The third kappa shape index (κ3) is 5.29. The van der Waals surface area contributed by atoms with Crippen molar-refractivity contribution in [3.63, 3.8) is 0 Å². The molecule has 0 bridgehead atoms. The number of nitrogens with zero attached hydrogens (tertiary/aromatic N) is 6. The normalized spacial score (nSPS) is 22.5. The third-order valence-corrected chi connectivity index (χ3v) is 7.65. The van der Waals surface area contributed by atoms with Gasteiger partial charge >= 0.3 is 6.09 Å².